The van der Waals surface area contributed by atoms with Crippen LogP contribution in [0.1, 0.15) is 0 Å². The van der Waals surface area contributed by atoms with E-state index in [2.05, 4.69) is 42.9 Å². The first-order valence-electron chi connectivity index (χ1n) is 3.64. The fourth-order valence-corrected chi connectivity index (χ4v) is 1.29. The van der Waals surface area contributed by atoms with Crippen LogP contribution in [0.2, 0.25) is 0 Å². The Kier molecular flexibility index (Phi) is 21.5. The van der Waals surface area contributed by atoms with Crippen molar-refractivity contribution < 1.29 is 59.1 Å². The smallest absolute Gasteiger partial charge is 0.789 e. The van der Waals surface area contributed by atoms with Crippen LogP contribution in [0.3, 0.4) is 0 Å². The van der Waals surface area contributed by atoms with Gasteiger partial charge in [-0.15, -0.1) is 12.6 Å². The van der Waals surface area contributed by atoms with Gasteiger partial charge in [-0.05, 0) is 0 Å². The maximum absolute atomic E-state index is 5.39. The summed E-state index contributed by atoms with van der Waals surface area (Å²) in [6.07, 6.45) is 0. The average Bonchev–Trinajstić information content (AvgIpc) is 2.02. The monoisotopic (exact) mass is 299 g/mol. The summed E-state index contributed by atoms with van der Waals surface area (Å²) in [6.45, 7) is 2.43. The second kappa shape index (κ2) is 14.4. The minimum Gasteiger partial charge on any atom is -0.789 e. The van der Waals surface area contributed by atoms with Gasteiger partial charge in [0.15, 0.2) is 0 Å². The van der Waals surface area contributed by atoms with Crippen LogP contribution in [0.25, 0.3) is 0 Å². The van der Waals surface area contributed by atoms with E-state index < -0.39 is 0 Å². The topological polar surface area (TPSA) is 41.6 Å². The van der Waals surface area contributed by atoms with Crippen LogP contribution in [0.4, 0.5) is 0 Å². The van der Waals surface area contributed by atoms with E-state index in [9.17, 15) is 0 Å². The largest absolute Gasteiger partial charge is 1.00 e. The molecule has 0 atom stereocenters. The minimum atomic E-state index is 0. The zero-order chi connectivity index (χ0) is 10.3. The van der Waals surface area contributed by atoms with Gasteiger partial charge in [-0.25, -0.2) is 4.38 Å². The Morgan fingerprint density at radius 2 is 1.87 bits per heavy atom. The number of thiol groups is 1. The third-order valence-electron chi connectivity index (χ3n) is 1.28. The summed E-state index contributed by atoms with van der Waals surface area (Å²) >= 11 is 18.2. The summed E-state index contributed by atoms with van der Waals surface area (Å²) in [5.74, 6) is 0. The third kappa shape index (κ3) is 14.2. The molecule has 0 aromatic carbocycles. The molecule has 0 saturated heterocycles. The van der Waals surface area contributed by atoms with E-state index in [1.165, 1.54) is 0 Å². The Morgan fingerprint density at radius 1 is 1.33 bits per heavy atom. The van der Waals surface area contributed by atoms with E-state index >= 15 is 0 Å². The van der Waals surface area contributed by atoms with E-state index in [4.69, 9.17) is 18.0 Å². The first-order chi connectivity index (χ1) is 6.07. The molecule has 0 unspecified atom stereocenters. The Morgan fingerprint density at radius 3 is 2.20 bits per heavy atom. The summed E-state index contributed by atoms with van der Waals surface area (Å²) in [5.41, 5.74) is 5.39. The van der Waals surface area contributed by atoms with Gasteiger partial charge in [0.25, 0.3) is 0 Å². The van der Waals surface area contributed by atoms with Gasteiger partial charge >= 0.3 is 59.1 Å². The van der Waals surface area contributed by atoms with Crippen molar-refractivity contribution >= 4 is 58.8 Å². The molecule has 0 radical (unpaired) electrons. The van der Waals surface area contributed by atoms with Crippen molar-refractivity contribution in [3.63, 3.8) is 0 Å². The molecule has 9 heteroatoms. The molecule has 0 fully saturated rings. The van der Waals surface area contributed by atoms with Crippen molar-refractivity contribution in [1.82, 2.24) is 4.90 Å². The van der Waals surface area contributed by atoms with Crippen LogP contribution in [0.15, 0.2) is 4.99 Å². The second-order valence-corrected chi connectivity index (χ2v) is 4.35. The van der Waals surface area contributed by atoms with Crippen LogP contribution in [-0.4, -0.2) is 39.8 Å². The molecule has 0 spiro atoms. The van der Waals surface area contributed by atoms with Crippen LogP contribution >= 0.6 is 24.8 Å². The van der Waals surface area contributed by atoms with E-state index in [-0.39, 0.29) is 63.5 Å². The Labute approximate surface area is 157 Å². The molecule has 0 aliphatic carbocycles. The molecular formula is C6H11N3Na2S4. The molecule has 0 aromatic heterocycles. The zero-order valence-corrected chi connectivity index (χ0v) is 16.3. The Bertz CT molecular complexity index is 199. The van der Waals surface area contributed by atoms with Crippen molar-refractivity contribution in [2.24, 2.45) is 10.7 Å². The predicted molar refractivity (Wildman–Crippen MR) is 69.2 cm³/mol. The van der Waals surface area contributed by atoms with Crippen LogP contribution < -0.4 is 64.8 Å². The van der Waals surface area contributed by atoms with Gasteiger partial charge in [0, 0.05) is 19.6 Å². The van der Waals surface area contributed by atoms with E-state index in [0.29, 0.717) is 30.5 Å². The molecule has 0 saturated carbocycles. The van der Waals surface area contributed by atoms with Crippen molar-refractivity contribution in [3.8, 4) is 0 Å². The van der Waals surface area contributed by atoms with Crippen molar-refractivity contribution in [2.75, 3.05) is 26.2 Å². The first kappa shape index (κ1) is 22.5. The van der Waals surface area contributed by atoms with E-state index in [1.807, 2.05) is 4.90 Å². The molecule has 0 amide bonds. The Balaban J connectivity index is -0.000000720. The Hall–Kier alpha value is 2.31. The number of nitrogens with zero attached hydrogens (tertiary/aromatic N) is 2. The number of nitrogens with two attached hydrogens (primary N) is 1. The number of hydrogen-bond acceptors (Lipinski definition) is 5. The molecule has 0 aromatic rings. The fraction of sp³-hybridized carbons (Fsp3) is 0.667. The fourth-order valence-electron chi connectivity index (χ4n) is 0.721. The van der Waals surface area contributed by atoms with E-state index in [1.54, 1.807) is 0 Å². The minimum absolute atomic E-state index is 0. The molecule has 0 rings (SSSR count). The van der Waals surface area contributed by atoms with Crippen LogP contribution in [0.5, 0.6) is 0 Å². The molecule has 3 nitrogen and oxygen atoms in total. The number of rotatable bonds is 5. The van der Waals surface area contributed by atoms with Gasteiger partial charge < -0.3 is 40.9 Å². The number of aliphatic imine (C=N–C) groups is 1. The normalized spacial score (nSPS) is 8.13. The van der Waals surface area contributed by atoms with Crippen molar-refractivity contribution in [3.05, 3.63) is 0 Å². The third-order valence-corrected chi connectivity index (χ3v) is 2.08. The first-order valence-corrected chi connectivity index (χ1v) is 5.31. The van der Waals surface area contributed by atoms with Crippen molar-refractivity contribution in [2.45, 2.75) is 0 Å². The van der Waals surface area contributed by atoms with Gasteiger partial charge in [-0.2, -0.15) is 0 Å². The summed E-state index contributed by atoms with van der Waals surface area (Å²) in [6, 6.07) is 0. The van der Waals surface area contributed by atoms with Gasteiger partial charge in [0.05, 0.1) is 6.54 Å². The molecule has 2 N–H and O–H groups in total. The van der Waals surface area contributed by atoms with Gasteiger partial charge in [0.1, 0.15) is 4.32 Å². The van der Waals surface area contributed by atoms with Gasteiger partial charge in [-0.1, -0.05) is 12.2 Å². The van der Waals surface area contributed by atoms with Crippen molar-refractivity contribution in [1.29, 1.82) is 0 Å². The summed E-state index contributed by atoms with van der Waals surface area (Å²) in [7, 11) is 0. The van der Waals surface area contributed by atoms with Crippen LogP contribution in [0, 0.1) is 0 Å². The maximum Gasteiger partial charge on any atom is 1.00 e. The average molecular weight is 299 g/mol. The molecule has 15 heavy (non-hydrogen) atoms. The molecule has 0 bridgehead atoms. The summed E-state index contributed by atoms with van der Waals surface area (Å²) in [5, 5.41) is 0. The standard InChI is InChI=1S/C6H13N3S4.2Na/c7-1-3-9(6(12)13)4-2-8-5(10)11;;/h1-4,7H2,(H,12,13)(H2,8,10,11);;/q;2*+1/p-2. The van der Waals surface area contributed by atoms with Crippen LogP contribution in [-0.2, 0) is 25.3 Å². The molecule has 0 aliphatic rings. The molecular weight excluding hydrogens is 288 g/mol. The SMILES string of the molecule is NCCN(CCN=C([S-])[S-])C(=S)S.[Na+].[Na+]. The molecule has 76 valence electrons. The zero-order valence-electron chi connectivity index (χ0n) is 8.97. The molecule has 0 aliphatic heterocycles. The summed E-state index contributed by atoms with van der Waals surface area (Å²) < 4.78 is 0.772. The quantitative estimate of drug-likeness (QED) is 0.132. The maximum atomic E-state index is 5.39. The molecule has 0 heterocycles. The van der Waals surface area contributed by atoms with Gasteiger partial charge in [-0.3, -0.25) is 0 Å². The number of thiocarbonyl (C=S) groups is 1. The predicted octanol–water partition coefficient (Wildman–Crippen LogP) is -6.08. The second-order valence-electron chi connectivity index (χ2n) is 2.21. The number of hydrogen-bond donors (Lipinski definition) is 2. The summed E-state index contributed by atoms with van der Waals surface area (Å²) in [4.78, 5) is 5.76. The van der Waals surface area contributed by atoms with E-state index in [0.717, 1.165) is 0 Å². The van der Waals surface area contributed by atoms with Gasteiger partial charge in [0.2, 0.25) is 0 Å².